The molecule has 0 amide bonds. The van der Waals surface area contributed by atoms with Crippen molar-refractivity contribution in [3.05, 3.63) is 16.6 Å². The molecule has 13 heavy (non-hydrogen) atoms. The molecule has 0 atom stereocenters. The largest absolute Gasteiger partial charge is 0.361 e. The molecule has 6 heteroatoms. The van der Waals surface area contributed by atoms with Gasteiger partial charge in [0.05, 0.1) is 0 Å². The lowest BCUT2D eigenvalue weighted by Gasteiger charge is -1.91. The second kappa shape index (κ2) is 2.81. The molecule has 0 aliphatic rings. The van der Waals surface area contributed by atoms with Crippen LogP contribution in [-0.2, 0) is 7.05 Å². The van der Waals surface area contributed by atoms with Gasteiger partial charge in [-0.25, -0.2) is 0 Å². The molecular weight excluding hydrogens is 188 g/mol. The lowest BCUT2D eigenvalue weighted by molar-refractivity contribution is 0.399. The fourth-order valence-corrected chi connectivity index (χ4v) is 1.18. The van der Waals surface area contributed by atoms with E-state index < -0.39 is 0 Å². The molecule has 0 aromatic carbocycles. The molecule has 0 spiro atoms. The molecule has 1 N–H and O–H groups in total. The van der Waals surface area contributed by atoms with Crippen molar-refractivity contribution in [3.8, 4) is 11.5 Å². The van der Waals surface area contributed by atoms with E-state index >= 15 is 0 Å². The minimum absolute atomic E-state index is 0.565. The van der Waals surface area contributed by atoms with Crippen LogP contribution in [0, 0.1) is 11.7 Å². The number of hydrogen-bond acceptors (Lipinski definition) is 4. The smallest absolute Gasteiger partial charge is 0.195 e. The summed E-state index contributed by atoms with van der Waals surface area (Å²) in [5.41, 5.74) is 0.687. The van der Waals surface area contributed by atoms with E-state index in [1.165, 1.54) is 0 Å². The monoisotopic (exact) mass is 196 g/mol. The van der Waals surface area contributed by atoms with Crippen LogP contribution in [0.15, 0.2) is 10.6 Å². The third-order valence-corrected chi connectivity index (χ3v) is 2.10. The molecular formula is C7H8N4OS. The van der Waals surface area contributed by atoms with Crippen molar-refractivity contribution < 1.29 is 4.52 Å². The zero-order chi connectivity index (χ0) is 9.42. The molecule has 5 nitrogen and oxygen atoms in total. The Bertz CT molecular complexity index is 481. The van der Waals surface area contributed by atoms with Crippen LogP contribution in [0.2, 0.25) is 0 Å². The third-order valence-electron chi connectivity index (χ3n) is 1.74. The molecule has 0 radical (unpaired) electrons. The third kappa shape index (κ3) is 1.29. The van der Waals surface area contributed by atoms with Crippen LogP contribution in [-0.4, -0.2) is 19.9 Å². The molecule has 0 saturated carbocycles. The second-order valence-corrected chi connectivity index (χ2v) is 3.12. The van der Waals surface area contributed by atoms with Crippen LogP contribution in [0.25, 0.3) is 11.5 Å². The van der Waals surface area contributed by atoms with Gasteiger partial charge in [-0.3, -0.25) is 5.10 Å². The molecule has 2 rings (SSSR count). The summed E-state index contributed by atoms with van der Waals surface area (Å²) in [6, 6.07) is 1.81. The van der Waals surface area contributed by atoms with E-state index in [1.54, 1.807) is 4.57 Å². The standard InChI is InChI=1S/C7H8N4OS/c1-4-3-5(10-12-4)6-8-9-7(13)11(6)2/h3H,1-2H3,(H,9,13). The Morgan fingerprint density at radius 3 is 2.85 bits per heavy atom. The van der Waals surface area contributed by atoms with E-state index in [9.17, 15) is 0 Å². The Hall–Kier alpha value is -1.43. The molecule has 68 valence electrons. The van der Waals surface area contributed by atoms with Crippen molar-refractivity contribution in [1.29, 1.82) is 0 Å². The van der Waals surface area contributed by atoms with Crippen molar-refractivity contribution in [2.45, 2.75) is 6.92 Å². The average molecular weight is 196 g/mol. The number of nitrogens with one attached hydrogen (secondary N) is 1. The number of H-pyrrole nitrogens is 1. The van der Waals surface area contributed by atoms with Crippen molar-refractivity contribution in [2.75, 3.05) is 0 Å². The highest BCUT2D eigenvalue weighted by molar-refractivity contribution is 7.71. The maximum atomic E-state index is 4.97. The molecule has 2 heterocycles. The van der Waals surface area contributed by atoms with Gasteiger partial charge in [-0.15, -0.1) is 0 Å². The fourth-order valence-electron chi connectivity index (χ4n) is 1.05. The van der Waals surface area contributed by atoms with Crippen molar-refractivity contribution in [1.82, 2.24) is 19.9 Å². The first-order valence-electron chi connectivity index (χ1n) is 3.73. The lowest BCUT2D eigenvalue weighted by Crippen LogP contribution is -1.92. The highest BCUT2D eigenvalue weighted by atomic mass is 32.1. The number of aryl methyl sites for hydroxylation is 1. The lowest BCUT2D eigenvalue weighted by atomic mass is 10.3. The summed E-state index contributed by atoms with van der Waals surface area (Å²) in [5.74, 6) is 1.44. The topological polar surface area (TPSA) is 59.6 Å². The summed E-state index contributed by atoms with van der Waals surface area (Å²) in [5, 5.41) is 10.5. The summed E-state index contributed by atoms with van der Waals surface area (Å²) in [6.07, 6.45) is 0. The van der Waals surface area contributed by atoms with Gasteiger partial charge in [-0.2, -0.15) is 5.10 Å². The van der Waals surface area contributed by atoms with Gasteiger partial charge >= 0.3 is 0 Å². The zero-order valence-corrected chi connectivity index (χ0v) is 8.05. The first kappa shape index (κ1) is 8.18. The summed E-state index contributed by atoms with van der Waals surface area (Å²) < 4.78 is 7.24. The number of nitrogens with zero attached hydrogens (tertiary/aromatic N) is 3. The molecule has 0 unspecified atom stereocenters. The second-order valence-electron chi connectivity index (χ2n) is 2.73. The van der Waals surface area contributed by atoms with E-state index in [0.717, 1.165) is 5.76 Å². The average Bonchev–Trinajstić information content (AvgIpc) is 2.62. The number of rotatable bonds is 1. The van der Waals surface area contributed by atoms with Crippen LogP contribution in [0.4, 0.5) is 0 Å². The quantitative estimate of drug-likeness (QED) is 0.701. The van der Waals surface area contributed by atoms with Crippen LogP contribution in [0.3, 0.4) is 0 Å². The minimum atomic E-state index is 0.565. The Kier molecular flexibility index (Phi) is 1.77. The Morgan fingerprint density at radius 1 is 1.62 bits per heavy atom. The van der Waals surface area contributed by atoms with Crippen molar-refractivity contribution >= 4 is 12.2 Å². The summed E-state index contributed by atoms with van der Waals surface area (Å²) in [6.45, 7) is 1.83. The summed E-state index contributed by atoms with van der Waals surface area (Å²) >= 11 is 4.97. The van der Waals surface area contributed by atoms with E-state index in [-0.39, 0.29) is 0 Å². The first-order chi connectivity index (χ1) is 6.18. The zero-order valence-electron chi connectivity index (χ0n) is 7.24. The highest BCUT2D eigenvalue weighted by Gasteiger charge is 2.09. The molecule has 0 saturated heterocycles. The summed E-state index contributed by atoms with van der Waals surface area (Å²) in [7, 11) is 1.82. The minimum Gasteiger partial charge on any atom is -0.361 e. The predicted molar refractivity (Wildman–Crippen MR) is 48.6 cm³/mol. The van der Waals surface area contributed by atoms with E-state index in [1.807, 2.05) is 20.0 Å². The van der Waals surface area contributed by atoms with Gasteiger partial charge < -0.3 is 9.09 Å². The van der Waals surface area contributed by atoms with Crippen LogP contribution < -0.4 is 0 Å². The number of hydrogen-bond donors (Lipinski definition) is 1. The highest BCUT2D eigenvalue weighted by Crippen LogP contribution is 2.14. The summed E-state index contributed by atoms with van der Waals surface area (Å²) in [4.78, 5) is 0. The Labute approximate surface area is 79.4 Å². The van der Waals surface area contributed by atoms with Crippen LogP contribution in [0.5, 0.6) is 0 Å². The van der Waals surface area contributed by atoms with Gasteiger partial charge in [0, 0.05) is 13.1 Å². The van der Waals surface area contributed by atoms with E-state index in [4.69, 9.17) is 16.7 Å². The van der Waals surface area contributed by atoms with Gasteiger partial charge in [0.25, 0.3) is 0 Å². The Balaban J connectivity index is 2.58. The fraction of sp³-hybridized carbons (Fsp3) is 0.286. The van der Waals surface area contributed by atoms with Crippen molar-refractivity contribution in [2.24, 2.45) is 7.05 Å². The number of aromatic amines is 1. The van der Waals surface area contributed by atoms with Gasteiger partial charge in [-0.1, -0.05) is 5.16 Å². The van der Waals surface area contributed by atoms with Gasteiger partial charge in [-0.05, 0) is 19.1 Å². The molecule has 0 aliphatic carbocycles. The predicted octanol–water partition coefficient (Wildman–Crippen LogP) is 1.44. The van der Waals surface area contributed by atoms with Gasteiger partial charge in [0.1, 0.15) is 5.76 Å². The van der Waals surface area contributed by atoms with E-state index in [0.29, 0.717) is 16.3 Å². The number of aromatic nitrogens is 4. The molecule has 0 fully saturated rings. The molecule has 2 aromatic rings. The maximum absolute atomic E-state index is 4.97. The van der Waals surface area contributed by atoms with E-state index in [2.05, 4.69) is 15.4 Å². The van der Waals surface area contributed by atoms with Crippen LogP contribution in [0.1, 0.15) is 5.76 Å². The van der Waals surface area contributed by atoms with Gasteiger partial charge in [0.2, 0.25) is 0 Å². The first-order valence-corrected chi connectivity index (χ1v) is 4.14. The molecule has 0 aliphatic heterocycles. The maximum Gasteiger partial charge on any atom is 0.195 e. The van der Waals surface area contributed by atoms with Gasteiger partial charge in [0.15, 0.2) is 16.3 Å². The molecule has 2 aromatic heterocycles. The molecule has 0 bridgehead atoms. The van der Waals surface area contributed by atoms with Crippen LogP contribution >= 0.6 is 12.2 Å². The normalized spacial score (nSPS) is 10.6. The SMILES string of the molecule is Cc1cc(-c2n[nH]c(=S)n2C)no1. The Morgan fingerprint density at radius 2 is 2.38 bits per heavy atom. The van der Waals surface area contributed by atoms with Crippen molar-refractivity contribution in [3.63, 3.8) is 0 Å².